The first-order valence-corrected chi connectivity index (χ1v) is 9.94. The summed E-state index contributed by atoms with van der Waals surface area (Å²) in [4.78, 5) is 12.7. The number of nitrogens with one attached hydrogen (secondary N) is 2. The van der Waals surface area contributed by atoms with Gasteiger partial charge in [-0.15, -0.1) is 0 Å². The summed E-state index contributed by atoms with van der Waals surface area (Å²) in [5, 5.41) is 22.6. The zero-order valence-electron chi connectivity index (χ0n) is 16.3. The maximum absolute atomic E-state index is 12.7. The van der Waals surface area contributed by atoms with Gasteiger partial charge in [0.2, 0.25) is 5.95 Å². The molecule has 1 aliphatic rings. The van der Waals surface area contributed by atoms with E-state index in [1.54, 1.807) is 16.8 Å². The van der Waals surface area contributed by atoms with Crippen molar-refractivity contribution in [2.24, 2.45) is 0 Å². The number of hydrogen-bond donors (Lipinski definition) is 2. The minimum atomic E-state index is -0.409. The summed E-state index contributed by atoms with van der Waals surface area (Å²) < 4.78 is 1.67. The molecule has 0 saturated heterocycles. The molecule has 0 bridgehead atoms. The van der Waals surface area contributed by atoms with Crippen LogP contribution in [0.4, 0.5) is 11.6 Å². The molecule has 0 saturated carbocycles. The number of rotatable bonds is 3. The van der Waals surface area contributed by atoms with Gasteiger partial charge in [0, 0.05) is 16.1 Å². The van der Waals surface area contributed by atoms with Crippen molar-refractivity contribution in [2.45, 2.75) is 25.8 Å². The maximum atomic E-state index is 12.7. The lowest BCUT2D eigenvalue weighted by atomic mass is 9.91. The van der Waals surface area contributed by atoms with Gasteiger partial charge in [0.25, 0.3) is 5.56 Å². The van der Waals surface area contributed by atoms with Crippen molar-refractivity contribution in [3.05, 3.63) is 80.6 Å². The molecular weight excluding hydrogens is 402 g/mol. The number of tetrazole rings is 1. The van der Waals surface area contributed by atoms with Crippen LogP contribution in [0.25, 0.3) is 11.3 Å². The first kappa shape index (κ1) is 18.5. The molecule has 5 rings (SSSR count). The zero-order valence-corrected chi connectivity index (χ0v) is 17.1. The van der Waals surface area contributed by atoms with Gasteiger partial charge in [0.05, 0.1) is 5.69 Å². The van der Waals surface area contributed by atoms with Gasteiger partial charge in [0.15, 0.2) is 0 Å². The Kier molecular flexibility index (Phi) is 4.36. The Hall–Kier alpha value is -3.52. The van der Waals surface area contributed by atoms with Crippen LogP contribution < -0.4 is 10.9 Å². The summed E-state index contributed by atoms with van der Waals surface area (Å²) in [5.41, 5.74) is 4.40. The topological polar surface area (TPSA) is 101 Å². The first-order chi connectivity index (χ1) is 14.5. The third kappa shape index (κ3) is 2.96. The van der Waals surface area contributed by atoms with Gasteiger partial charge in [-0.05, 0) is 39.6 Å². The normalized spacial score (nSPS) is 14.9. The number of H-pyrrole nitrogens is 1. The Bertz CT molecular complexity index is 1280. The number of aromatic amines is 1. The lowest BCUT2D eigenvalue weighted by molar-refractivity contribution is 0.567. The van der Waals surface area contributed by atoms with Gasteiger partial charge >= 0.3 is 0 Å². The van der Waals surface area contributed by atoms with E-state index >= 15 is 0 Å². The molecule has 8 nitrogen and oxygen atoms in total. The molecule has 1 atom stereocenters. The van der Waals surface area contributed by atoms with Gasteiger partial charge in [-0.3, -0.25) is 4.79 Å². The van der Waals surface area contributed by atoms with Gasteiger partial charge in [-0.1, -0.05) is 66.9 Å². The summed E-state index contributed by atoms with van der Waals surface area (Å²) in [6.45, 7) is 4.30. The fourth-order valence-electron chi connectivity index (χ4n) is 3.74. The van der Waals surface area contributed by atoms with Crippen molar-refractivity contribution in [1.82, 2.24) is 30.4 Å². The van der Waals surface area contributed by atoms with Crippen LogP contribution in [-0.2, 0) is 0 Å². The fraction of sp³-hybridized carbons (Fsp3) is 0.190. The highest BCUT2D eigenvalue weighted by Crippen LogP contribution is 2.41. The van der Waals surface area contributed by atoms with Gasteiger partial charge in [0.1, 0.15) is 11.7 Å². The highest BCUT2D eigenvalue weighted by Gasteiger charge is 2.34. The Balaban J connectivity index is 1.76. The summed E-state index contributed by atoms with van der Waals surface area (Å²) in [7, 11) is 0. The molecule has 2 aromatic carbocycles. The molecule has 2 aromatic heterocycles. The highest BCUT2D eigenvalue weighted by atomic mass is 35.5. The van der Waals surface area contributed by atoms with Crippen molar-refractivity contribution < 1.29 is 0 Å². The van der Waals surface area contributed by atoms with Crippen LogP contribution in [0.2, 0.25) is 5.02 Å². The molecule has 0 amide bonds. The van der Waals surface area contributed by atoms with Gasteiger partial charge < -0.3 is 5.32 Å². The summed E-state index contributed by atoms with van der Waals surface area (Å²) in [6.07, 6.45) is 0. The smallest absolute Gasteiger partial charge is 0.288 e. The van der Waals surface area contributed by atoms with Crippen LogP contribution in [0.3, 0.4) is 0 Å². The number of aromatic nitrogens is 6. The molecule has 0 radical (unpaired) electrons. The SMILES string of the molecule is CC(C)c1ccc([C@H]2c3c(-c4ccc(Cl)cc4)n[nH]c(=O)c3Nc3nnnn32)cc1. The van der Waals surface area contributed by atoms with Crippen molar-refractivity contribution in [3.8, 4) is 11.3 Å². The first-order valence-electron chi connectivity index (χ1n) is 9.56. The average molecular weight is 420 g/mol. The number of benzene rings is 2. The third-order valence-corrected chi connectivity index (χ3v) is 5.56. The predicted octanol–water partition coefficient (Wildman–Crippen LogP) is 3.89. The minimum Gasteiger partial charge on any atom is -0.318 e. The predicted molar refractivity (Wildman–Crippen MR) is 114 cm³/mol. The molecule has 2 N–H and O–H groups in total. The Morgan fingerprint density at radius 2 is 1.80 bits per heavy atom. The lowest BCUT2D eigenvalue weighted by Gasteiger charge is -2.28. The van der Waals surface area contributed by atoms with Gasteiger partial charge in [-0.25, -0.2) is 5.10 Å². The fourth-order valence-corrected chi connectivity index (χ4v) is 3.86. The summed E-state index contributed by atoms with van der Waals surface area (Å²) in [6, 6.07) is 15.2. The third-order valence-electron chi connectivity index (χ3n) is 5.30. The standard InChI is InChI=1S/C21H18ClN7O/c1-11(2)12-3-5-14(6-4-12)19-16-17(13-7-9-15(22)10-8-13)24-25-20(30)18(16)23-21-26-27-28-29(19)21/h3-11,19H,1-2H3,(H,25,30)(H,23,26,28)/t19-/m0/s1. The van der Waals surface area contributed by atoms with Crippen LogP contribution >= 0.6 is 11.6 Å². The number of anilines is 2. The van der Waals surface area contributed by atoms with Crippen LogP contribution in [-0.4, -0.2) is 30.4 Å². The van der Waals surface area contributed by atoms with E-state index < -0.39 is 6.04 Å². The van der Waals surface area contributed by atoms with Crippen LogP contribution in [0.15, 0.2) is 53.3 Å². The molecule has 0 aliphatic carbocycles. The number of fused-ring (bicyclic) bond motifs is 2. The molecule has 0 spiro atoms. The molecule has 150 valence electrons. The molecule has 0 fully saturated rings. The van der Waals surface area contributed by atoms with E-state index in [4.69, 9.17) is 11.6 Å². The van der Waals surface area contributed by atoms with Gasteiger partial charge in [-0.2, -0.15) is 9.78 Å². The van der Waals surface area contributed by atoms with Crippen molar-refractivity contribution in [3.63, 3.8) is 0 Å². The second kappa shape index (κ2) is 7.07. The number of hydrogen-bond acceptors (Lipinski definition) is 6. The molecule has 9 heteroatoms. The molecule has 30 heavy (non-hydrogen) atoms. The summed E-state index contributed by atoms with van der Waals surface area (Å²) in [5.74, 6) is 0.816. The van der Waals surface area contributed by atoms with Crippen molar-refractivity contribution >= 4 is 23.2 Å². The van der Waals surface area contributed by atoms with Crippen LogP contribution in [0, 0.1) is 0 Å². The van der Waals surface area contributed by atoms with Crippen LogP contribution in [0.1, 0.15) is 42.5 Å². The lowest BCUT2D eigenvalue weighted by Crippen LogP contribution is -2.29. The van der Waals surface area contributed by atoms with E-state index in [0.717, 1.165) is 11.1 Å². The van der Waals surface area contributed by atoms with E-state index in [-0.39, 0.29) is 5.56 Å². The molecule has 4 aromatic rings. The molecular formula is C21H18ClN7O. The van der Waals surface area contributed by atoms with E-state index in [9.17, 15) is 4.79 Å². The highest BCUT2D eigenvalue weighted by molar-refractivity contribution is 6.30. The monoisotopic (exact) mass is 419 g/mol. The number of nitrogens with zero attached hydrogens (tertiary/aromatic N) is 5. The quantitative estimate of drug-likeness (QED) is 0.460. The second-order valence-corrected chi connectivity index (χ2v) is 7.93. The molecule has 3 heterocycles. The largest absolute Gasteiger partial charge is 0.318 e. The summed E-state index contributed by atoms with van der Waals surface area (Å²) >= 11 is 6.06. The Labute approximate surface area is 176 Å². The van der Waals surface area contributed by atoms with E-state index in [0.29, 0.717) is 33.8 Å². The van der Waals surface area contributed by atoms with Crippen LogP contribution in [0.5, 0.6) is 0 Å². The average Bonchev–Trinajstić information content (AvgIpc) is 3.22. The minimum absolute atomic E-state index is 0.333. The van der Waals surface area contributed by atoms with Crippen molar-refractivity contribution in [2.75, 3.05) is 5.32 Å². The Morgan fingerprint density at radius 3 is 2.50 bits per heavy atom. The Morgan fingerprint density at radius 1 is 1.07 bits per heavy atom. The van der Waals surface area contributed by atoms with Crippen molar-refractivity contribution in [1.29, 1.82) is 0 Å². The zero-order chi connectivity index (χ0) is 20.8. The molecule has 1 aliphatic heterocycles. The van der Waals surface area contributed by atoms with E-state index in [1.165, 1.54) is 5.56 Å². The maximum Gasteiger partial charge on any atom is 0.288 e. The second-order valence-electron chi connectivity index (χ2n) is 7.49. The van der Waals surface area contributed by atoms with E-state index in [2.05, 4.69) is 57.0 Å². The molecule has 0 unspecified atom stereocenters. The van der Waals surface area contributed by atoms with E-state index in [1.807, 2.05) is 24.3 Å². The number of halogens is 1.